The molecule has 0 aliphatic rings. The van der Waals surface area contributed by atoms with Crippen LogP contribution in [-0.2, 0) is 6.54 Å². The van der Waals surface area contributed by atoms with Gasteiger partial charge in [-0.2, -0.15) is 0 Å². The van der Waals surface area contributed by atoms with E-state index in [1.165, 1.54) is 15.6 Å². The Morgan fingerprint density at radius 3 is 2.30 bits per heavy atom. The molecule has 4 rings (SSSR count). The summed E-state index contributed by atoms with van der Waals surface area (Å²) in [5.41, 5.74) is 2.01. The monoisotopic (exact) mass is 337 g/mol. The lowest BCUT2D eigenvalue weighted by Gasteiger charge is -2.16. The second-order valence-electron chi connectivity index (χ2n) is 5.56. The number of hydrogen-bond acceptors (Lipinski definition) is 3. The maximum Gasteiger partial charge on any atom is 0.255 e. The van der Waals surface area contributed by atoms with Crippen LogP contribution < -0.4 is 0 Å². The Morgan fingerprint density at radius 1 is 0.913 bits per heavy atom. The molecule has 0 bridgehead atoms. The van der Waals surface area contributed by atoms with E-state index in [2.05, 4.69) is 29.6 Å². The van der Waals surface area contributed by atoms with Crippen LogP contribution in [0, 0.1) is 0 Å². The standard InChI is InChI=1S/C19H15NOS2/c1-20(10-13-11-22-17-8-4-2-6-14(13)17)19(21)16-12-23-18-9-5-3-7-15(16)18/h2-9,11-12H,10H2,1H3. The Bertz CT molecular complexity index is 999. The number of rotatable bonds is 3. The van der Waals surface area contributed by atoms with Crippen LogP contribution in [0.25, 0.3) is 20.2 Å². The third-order valence-corrected chi connectivity index (χ3v) is 6.00. The Balaban J connectivity index is 1.64. The van der Waals surface area contributed by atoms with E-state index < -0.39 is 0 Å². The van der Waals surface area contributed by atoms with E-state index in [4.69, 9.17) is 0 Å². The highest BCUT2D eigenvalue weighted by atomic mass is 32.1. The van der Waals surface area contributed by atoms with Crippen LogP contribution in [-0.4, -0.2) is 17.9 Å². The lowest BCUT2D eigenvalue weighted by atomic mass is 10.1. The van der Waals surface area contributed by atoms with Gasteiger partial charge in [0.2, 0.25) is 0 Å². The maximum atomic E-state index is 12.8. The SMILES string of the molecule is CN(Cc1csc2ccccc12)C(=O)c1csc2ccccc12. The predicted molar refractivity (Wildman–Crippen MR) is 99.4 cm³/mol. The first kappa shape index (κ1) is 14.4. The zero-order chi connectivity index (χ0) is 15.8. The molecule has 2 nitrogen and oxygen atoms in total. The largest absolute Gasteiger partial charge is 0.337 e. The van der Waals surface area contributed by atoms with Gasteiger partial charge in [-0.25, -0.2) is 0 Å². The molecule has 2 aromatic carbocycles. The van der Waals surface area contributed by atoms with E-state index in [9.17, 15) is 4.79 Å². The molecule has 0 radical (unpaired) electrons. The van der Waals surface area contributed by atoms with Crippen molar-refractivity contribution in [3.05, 3.63) is 70.4 Å². The zero-order valence-corrected chi connectivity index (χ0v) is 14.3. The summed E-state index contributed by atoms with van der Waals surface area (Å²) in [6, 6.07) is 16.4. The van der Waals surface area contributed by atoms with Gasteiger partial charge in [0.05, 0.1) is 5.56 Å². The van der Waals surface area contributed by atoms with Crippen molar-refractivity contribution >= 4 is 48.8 Å². The van der Waals surface area contributed by atoms with Crippen LogP contribution in [0.5, 0.6) is 0 Å². The van der Waals surface area contributed by atoms with Gasteiger partial charge in [-0.3, -0.25) is 4.79 Å². The maximum absolute atomic E-state index is 12.8. The first-order valence-electron chi connectivity index (χ1n) is 7.41. The average molecular weight is 337 g/mol. The molecule has 0 saturated carbocycles. The van der Waals surface area contributed by atoms with Gasteiger partial charge >= 0.3 is 0 Å². The Hall–Kier alpha value is -2.17. The highest BCUT2D eigenvalue weighted by Gasteiger charge is 2.17. The molecule has 4 heteroatoms. The van der Waals surface area contributed by atoms with Gasteiger partial charge < -0.3 is 4.90 Å². The predicted octanol–water partition coefficient (Wildman–Crippen LogP) is 5.39. The van der Waals surface area contributed by atoms with Gasteiger partial charge in [-0.05, 0) is 28.5 Å². The minimum absolute atomic E-state index is 0.0812. The van der Waals surface area contributed by atoms with Gasteiger partial charge in [-0.1, -0.05) is 36.4 Å². The number of carbonyl (C=O) groups excluding carboxylic acids is 1. The summed E-state index contributed by atoms with van der Waals surface area (Å²) in [7, 11) is 1.88. The van der Waals surface area contributed by atoms with Crippen LogP contribution in [0.4, 0.5) is 0 Å². The van der Waals surface area contributed by atoms with Crippen LogP contribution in [0.15, 0.2) is 59.3 Å². The topological polar surface area (TPSA) is 20.3 Å². The number of thiophene rings is 2. The van der Waals surface area contributed by atoms with Crippen molar-refractivity contribution in [2.75, 3.05) is 7.05 Å². The van der Waals surface area contributed by atoms with Crippen LogP contribution in [0.3, 0.4) is 0 Å². The van der Waals surface area contributed by atoms with Crippen molar-refractivity contribution in [3.8, 4) is 0 Å². The normalized spacial score (nSPS) is 11.2. The Labute approximate surface area is 142 Å². The lowest BCUT2D eigenvalue weighted by Crippen LogP contribution is -2.25. The van der Waals surface area contributed by atoms with E-state index in [1.54, 1.807) is 22.7 Å². The van der Waals surface area contributed by atoms with Crippen molar-refractivity contribution in [2.24, 2.45) is 0 Å². The fourth-order valence-electron chi connectivity index (χ4n) is 2.83. The Kier molecular flexibility index (Phi) is 3.63. The van der Waals surface area contributed by atoms with E-state index in [0.717, 1.165) is 15.6 Å². The number of amides is 1. The molecule has 114 valence electrons. The summed E-state index contributed by atoms with van der Waals surface area (Å²) in [6.45, 7) is 0.632. The van der Waals surface area contributed by atoms with E-state index in [0.29, 0.717) is 6.54 Å². The van der Waals surface area contributed by atoms with Gasteiger partial charge in [0.1, 0.15) is 0 Å². The van der Waals surface area contributed by atoms with Crippen molar-refractivity contribution in [2.45, 2.75) is 6.54 Å². The van der Waals surface area contributed by atoms with Crippen molar-refractivity contribution in [1.29, 1.82) is 0 Å². The molecule has 2 aromatic heterocycles. The second-order valence-corrected chi connectivity index (χ2v) is 7.39. The highest BCUT2D eigenvalue weighted by molar-refractivity contribution is 7.17. The molecule has 0 atom stereocenters. The molecular formula is C19H15NOS2. The first-order valence-corrected chi connectivity index (χ1v) is 9.17. The number of carbonyl (C=O) groups is 1. The van der Waals surface area contributed by atoms with Crippen molar-refractivity contribution in [3.63, 3.8) is 0 Å². The summed E-state index contributed by atoms with van der Waals surface area (Å²) < 4.78 is 2.43. The van der Waals surface area contributed by atoms with Gasteiger partial charge in [0, 0.05) is 33.8 Å². The van der Waals surface area contributed by atoms with E-state index >= 15 is 0 Å². The molecule has 0 aliphatic carbocycles. The van der Waals surface area contributed by atoms with Gasteiger partial charge in [0.25, 0.3) is 5.91 Å². The van der Waals surface area contributed by atoms with E-state index in [1.807, 2.05) is 41.6 Å². The van der Waals surface area contributed by atoms with Crippen LogP contribution in [0.2, 0.25) is 0 Å². The third kappa shape index (κ3) is 2.54. The molecule has 0 N–H and O–H groups in total. The summed E-state index contributed by atoms with van der Waals surface area (Å²) in [6.07, 6.45) is 0. The quantitative estimate of drug-likeness (QED) is 0.491. The molecule has 0 spiro atoms. The molecule has 0 fully saturated rings. The molecule has 23 heavy (non-hydrogen) atoms. The van der Waals surface area contributed by atoms with Crippen LogP contribution in [0.1, 0.15) is 15.9 Å². The Morgan fingerprint density at radius 2 is 1.52 bits per heavy atom. The fourth-order valence-corrected chi connectivity index (χ4v) is 4.72. The average Bonchev–Trinajstić information content (AvgIpc) is 3.19. The molecule has 1 amide bonds. The zero-order valence-electron chi connectivity index (χ0n) is 12.7. The fraction of sp³-hybridized carbons (Fsp3) is 0.105. The highest BCUT2D eigenvalue weighted by Crippen LogP contribution is 2.29. The lowest BCUT2D eigenvalue weighted by molar-refractivity contribution is 0.0788. The number of nitrogens with zero attached hydrogens (tertiary/aromatic N) is 1. The summed E-state index contributed by atoms with van der Waals surface area (Å²) in [4.78, 5) is 14.6. The third-order valence-electron chi connectivity index (χ3n) is 4.03. The second kappa shape index (κ2) is 5.80. The summed E-state index contributed by atoms with van der Waals surface area (Å²) in [5.74, 6) is 0.0812. The summed E-state index contributed by atoms with van der Waals surface area (Å²) >= 11 is 3.36. The molecule has 2 heterocycles. The molecule has 4 aromatic rings. The van der Waals surface area contributed by atoms with Crippen molar-refractivity contribution in [1.82, 2.24) is 4.90 Å². The minimum atomic E-state index is 0.0812. The van der Waals surface area contributed by atoms with Gasteiger partial charge in [-0.15, -0.1) is 22.7 Å². The van der Waals surface area contributed by atoms with Crippen LogP contribution >= 0.6 is 22.7 Å². The van der Waals surface area contributed by atoms with Crippen molar-refractivity contribution < 1.29 is 4.79 Å². The number of hydrogen-bond donors (Lipinski definition) is 0. The molecule has 0 saturated heterocycles. The molecule has 0 aliphatic heterocycles. The smallest absolute Gasteiger partial charge is 0.255 e. The van der Waals surface area contributed by atoms with E-state index in [-0.39, 0.29) is 5.91 Å². The number of benzene rings is 2. The van der Waals surface area contributed by atoms with Gasteiger partial charge in [0.15, 0.2) is 0 Å². The molecule has 0 unspecified atom stereocenters. The first-order chi connectivity index (χ1) is 11.2. The molecular weight excluding hydrogens is 322 g/mol. The minimum Gasteiger partial charge on any atom is -0.337 e. The summed E-state index contributed by atoms with van der Waals surface area (Å²) in [5, 5.41) is 6.41. The number of fused-ring (bicyclic) bond motifs is 2.